The second kappa shape index (κ2) is 8.05. The number of methoxy groups -OCH3 is 2. The fourth-order valence-corrected chi connectivity index (χ4v) is 2.82. The first kappa shape index (κ1) is 18.0. The molecule has 26 heavy (non-hydrogen) atoms. The fourth-order valence-electron chi connectivity index (χ4n) is 2.53. The van der Waals surface area contributed by atoms with E-state index in [-0.39, 0.29) is 5.96 Å². The van der Waals surface area contributed by atoms with Crippen molar-refractivity contribution in [3.8, 4) is 23.0 Å². The van der Waals surface area contributed by atoms with E-state index in [0.29, 0.717) is 47.8 Å². The zero-order valence-electron chi connectivity index (χ0n) is 14.5. The summed E-state index contributed by atoms with van der Waals surface area (Å²) in [6.45, 7) is 1.34. The smallest absolute Gasteiger partial charge is 0.193 e. The maximum absolute atomic E-state index is 6.23. The number of nitrogens with two attached hydrogens (primary N) is 1. The molecule has 0 atom stereocenters. The van der Waals surface area contributed by atoms with E-state index in [1.165, 1.54) is 0 Å². The Kier molecular flexibility index (Phi) is 5.58. The lowest BCUT2D eigenvalue weighted by Crippen LogP contribution is -2.22. The molecular weight excluding hydrogens is 358 g/mol. The lowest BCUT2D eigenvalue weighted by atomic mass is 10.2. The van der Waals surface area contributed by atoms with Gasteiger partial charge < -0.3 is 30.0 Å². The van der Waals surface area contributed by atoms with E-state index in [0.717, 1.165) is 11.3 Å². The lowest BCUT2D eigenvalue weighted by Gasteiger charge is -2.20. The minimum atomic E-state index is 0.267. The van der Waals surface area contributed by atoms with Gasteiger partial charge in [0.1, 0.15) is 13.2 Å². The molecule has 8 heteroatoms. The third-order valence-corrected chi connectivity index (χ3v) is 4.03. The highest BCUT2D eigenvalue weighted by Gasteiger charge is 2.16. The van der Waals surface area contributed by atoms with Gasteiger partial charge in [0.2, 0.25) is 0 Å². The van der Waals surface area contributed by atoms with Crippen molar-refractivity contribution in [1.29, 1.82) is 0 Å². The number of aliphatic imine (C=N–C) groups is 1. The van der Waals surface area contributed by atoms with E-state index in [4.69, 9.17) is 36.3 Å². The first-order chi connectivity index (χ1) is 12.6. The van der Waals surface area contributed by atoms with Crippen LogP contribution in [0, 0.1) is 0 Å². The van der Waals surface area contributed by atoms with Crippen molar-refractivity contribution >= 4 is 23.2 Å². The highest BCUT2D eigenvalue weighted by Crippen LogP contribution is 2.38. The third-order valence-electron chi connectivity index (χ3n) is 3.74. The molecule has 1 aliphatic rings. The molecule has 0 amide bonds. The molecule has 0 radical (unpaired) electrons. The Bertz CT molecular complexity index is 826. The topological polar surface area (TPSA) is 87.3 Å². The molecule has 0 unspecified atom stereocenters. The lowest BCUT2D eigenvalue weighted by molar-refractivity contribution is 0.171. The Morgan fingerprint density at radius 1 is 1.15 bits per heavy atom. The van der Waals surface area contributed by atoms with Crippen LogP contribution in [0.25, 0.3) is 0 Å². The van der Waals surface area contributed by atoms with Crippen LogP contribution in [0.2, 0.25) is 5.02 Å². The fraction of sp³-hybridized carbons (Fsp3) is 0.278. The summed E-state index contributed by atoms with van der Waals surface area (Å²) in [6.07, 6.45) is 0. The Hall–Kier alpha value is -2.80. The van der Waals surface area contributed by atoms with Gasteiger partial charge >= 0.3 is 0 Å². The molecule has 1 heterocycles. The highest BCUT2D eigenvalue weighted by molar-refractivity contribution is 6.32. The first-order valence-corrected chi connectivity index (χ1v) is 8.35. The molecule has 1 aliphatic heterocycles. The van der Waals surface area contributed by atoms with Crippen molar-refractivity contribution in [2.24, 2.45) is 10.7 Å². The highest BCUT2D eigenvalue weighted by atomic mass is 35.5. The van der Waals surface area contributed by atoms with Crippen LogP contribution in [0.3, 0.4) is 0 Å². The maximum Gasteiger partial charge on any atom is 0.193 e. The van der Waals surface area contributed by atoms with E-state index in [1.807, 2.05) is 12.1 Å². The van der Waals surface area contributed by atoms with E-state index < -0.39 is 0 Å². The van der Waals surface area contributed by atoms with Crippen molar-refractivity contribution in [3.05, 3.63) is 40.9 Å². The first-order valence-electron chi connectivity index (χ1n) is 7.97. The number of fused-ring (bicyclic) bond motifs is 1. The van der Waals surface area contributed by atoms with Crippen LogP contribution in [0.15, 0.2) is 35.3 Å². The number of ether oxygens (including phenoxy) is 4. The molecular formula is C18H20ClN3O4. The number of rotatable bonds is 5. The van der Waals surface area contributed by atoms with Gasteiger partial charge in [-0.3, -0.25) is 0 Å². The van der Waals surface area contributed by atoms with Crippen molar-refractivity contribution in [3.63, 3.8) is 0 Å². The summed E-state index contributed by atoms with van der Waals surface area (Å²) in [5.74, 6) is 2.70. The van der Waals surface area contributed by atoms with E-state index in [2.05, 4.69) is 10.3 Å². The van der Waals surface area contributed by atoms with Gasteiger partial charge in [0.05, 0.1) is 25.8 Å². The number of benzene rings is 2. The molecule has 0 bridgehead atoms. The van der Waals surface area contributed by atoms with Crippen molar-refractivity contribution in [1.82, 2.24) is 0 Å². The van der Waals surface area contributed by atoms with Gasteiger partial charge in [0, 0.05) is 11.8 Å². The van der Waals surface area contributed by atoms with Gasteiger partial charge in [-0.25, -0.2) is 4.99 Å². The summed E-state index contributed by atoms with van der Waals surface area (Å²) in [5.41, 5.74) is 7.58. The zero-order chi connectivity index (χ0) is 18.5. The third kappa shape index (κ3) is 4.05. The number of guanidine groups is 1. The second-order valence-electron chi connectivity index (χ2n) is 5.50. The average Bonchev–Trinajstić information content (AvgIpc) is 2.66. The van der Waals surface area contributed by atoms with Crippen LogP contribution in [-0.4, -0.2) is 33.4 Å². The number of hydrogen-bond donors (Lipinski definition) is 2. The molecule has 3 rings (SSSR count). The van der Waals surface area contributed by atoms with Gasteiger partial charge in [-0.2, -0.15) is 0 Å². The van der Waals surface area contributed by atoms with E-state index >= 15 is 0 Å². The summed E-state index contributed by atoms with van der Waals surface area (Å²) in [6, 6.07) is 9.04. The predicted molar refractivity (Wildman–Crippen MR) is 101 cm³/mol. The summed E-state index contributed by atoms with van der Waals surface area (Å²) in [4.78, 5) is 4.33. The Morgan fingerprint density at radius 3 is 2.69 bits per heavy atom. The van der Waals surface area contributed by atoms with Crippen LogP contribution >= 0.6 is 11.6 Å². The van der Waals surface area contributed by atoms with Crippen LogP contribution in [-0.2, 0) is 6.54 Å². The SMILES string of the molecule is COc1ccc(NC(N)=NCc2cc(Cl)c3c(c2)OCCO3)cc1OC. The quantitative estimate of drug-likeness (QED) is 0.615. The van der Waals surface area contributed by atoms with Gasteiger partial charge in [0.25, 0.3) is 0 Å². The summed E-state index contributed by atoms with van der Waals surface area (Å²) in [7, 11) is 3.16. The van der Waals surface area contributed by atoms with E-state index in [1.54, 1.807) is 32.4 Å². The number of anilines is 1. The molecule has 0 spiro atoms. The number of nitrogens with one attached hydrogen (secondary N) is 1. The standard InChI is InChI=1S/C18H20ClN3O4/c1-23-14-4-3-12(9-15(14)24-2)22-18(20)21-10-11-7-13(19)17-16(8-11)25-5-6-26-17/h3-4,7-9H,5-6,10H2,1-2H3,(H3,20,21,22). The molecule has 0 aromatic heterocycles. The Balaban J connectivity index is 1.70. The van der Waals surface area contributed by atoms with Gasteiger partial charge in [-0.1, -0.05) is 11.6 Å². The second-order valence-corrected chi connectivity index (χ2v) is 5.91. The molecule has 2 aromatic rings. The predicted octanol–water partition coefficient (Wildman–Crippen LogP) is 3.06. The molecule has 7 nitrogen and oxygen atoms in total. The number of hydrogen-bond acceptors (Lipinski definition) is 5. The van der Waals surface area contributed by atoms with Crippen molar-refractivity contribution in [2.75, 3.05) is 32.8 Å². The molecule has 0 saturated heterocycles. The minimum Gasteiger partial charge on any atom is -0.493 e. The molecule has 3 N–H and O–H groups in total. The molecule has 2 aromatic carbocycles. The zero-order valence-corrected chi connectivity index (χ0v) is 15.3. The Morgan fingerprint density at radius 2 is 1.92 bits per heavy atom. The maximum atomic E-state index is 6.23. The largest absolute Gasteiger partial charge is 0.493 e. The van der Waals surface area contributed by atoms with Crippen LogP contribution in [0.1, 0.15) is 5.56 Å². The van der Waals surface area contributed by atoms with E-state index in [9.17, 15) is 0 Å². The van der Waals surface area contributed by atoms with Gasteiger partial charge in [0.15, 0.2) is 29.0 Å². The average molecular weight is 378 g/mol. The monoisotopic (exact) mass is 377 g/mol. The van der Waals surface area contributed by atoms with Crippen molar-refractivity contribution < 1.29 is 18.9 Å². The summed E-state index contributed by atoms with van der Waals surface area (Å²) < 4.78 is 21.5. The van der Waals surface area contributed by atoms with Crippen molar-refractivity contribution in [2.45, 2.75) is 6.54 Å². The van der Waals surface area contributed by atoms with Gasteiger partial charge in [-0.15, -0.1) is 0 Å². The molecule has 0 aliphatic carbocycles. The van der Waals surface area contributed by atoms with Crippen LogP contribution < -0.4 is 30.0 Å². The molecule has 138 valence electrons. The molecule has 0 fully saturated rings. The van der Waals surface area contributed by atoms with Crippen LogP contribution in [0.4, 0.5) is 5.69 Å². The number of nitrogens with zero attached hydrogens (tertiary/aromatic N) is 1. The Labute approximate surface area is 156 Å². The van der Waals surface area contributed by atoms with Crippen LogP contribution in [0.5, 0.6) is 23.0 Å². The summed E-state index contributed by atoms with van der Waals surface area (Å²) >= 11 is 6.23. The normalized spacial score (nSPS) is 13.3. The molecule has 0 saturated carbocycles. The number of halogens is 1. The summed E-state index contributed by atoms with van der Waals surface area (Å²) in [5, 5.41) is 3.52. The van der Waals surface area contributed by atoms with Gasteiger partial charge in [-0.05, 0) is 29.8 Å². The minimum absolute atomic E-state index is 0.267.